The number of anilines is 1. The summed E-state index contributed by atoms with van der Waals surface area (Å²) in [5, 5.41) is 4.07. The third kappa shape index (κ3) is 3.14. The van der Waals surface area contributed by atoms with Gasteiger partial charge in [0.2, 0.25) is 0 Å². The van der Waals surface area contributed by atoms with Crippen molar-refractivity contribution in [3.05, 3.63) is 46.0 Å². The number of benzene rings is 1. The zero-order valence-electron chi connectivity index (χ0n) is 15.7. The number of fused-ring (bicyclic) bond motifs is 2. The number of hydrogen-bond acceptors (Lipinski definition) is 6. The van der Waals surface area contributed by atoms with Crippen LogP contribution < -0.4 is 15.8 Å². The smallest absolute Gasteiger partial charge is 0.292 e. The minimum Gasteiger partial charge on any atom is -0.493 e. The van der Waals surface area contributed by atoms with Gasteiger partial charge < -0.3 is 20.2 Å². The second kappa shape index (κ2) is 7.29. The number of primary amides is 1. The number of furan rings is 1. The third-order valence-corrected chi connectivity index (χ3v) is 6.14. The number of para-hydroxylation sites is 1. The molecule has 0 radical (unpaired) electrons. The van der Waals surface area contributed by atoms with E-state index in [-0.39, 0.29) is 5.76 Å². The van der Waals surface area contributed by atoms with E-state index in [1.807, 2.05) is 12.1 Å². The van der Waals surface area contributed by atoms with Gasteiger partial charge in [0.15, 0.2) is 17.1 Å². The lowest BCUT2D eigenvalue weighted by molar-refractivity contribution is 0.0999. The van der Waals surface area contributed by atoms with Gasteiger partial charge in [0.05, 0.1) is 12.7 Å². The SMILES string of the molecule is CCN1CCc2c(sc(NC(=O)c3cc4cccc(OC)c4o3)c2C(N)=O)C1. The van der Waals surface area contributed by atoms with Gasteiger partial charge in [-0.15, -0.1) is 11.3 Å². The van der Waals surface area contributed by atoms with Crippen LogP contribution in [0.2, 0.25) is 0 Å². The second-order valence-electron chi connectivity index (χ2n) is 6.63. The van der Waals surface area contributed by atoms with Crippen molar-refractivity contribution >= 4 is 39.1 Å². The van der Waals surface area contributed by atoms with Crippen molar-refractivity contribution in [2.45, 2.75) is 19.9 Å². The lowest BCUT2D eigenvalue weighted by Crippen LogP contribution is -2.30. The normalized spacial score (nSPS) is 14.1. The maximum absolute atomic E-state index is 12.8. The Morgan fingerprint density at radius 3 is 2.93 bits per heavy atom. The fraction of sp³-hybridized carbons (Fsp3) is 0.300. The summed E-state index contributed by atoms with van der Waals surface area (Å²) < 4.78 is 11.0. The Hall–Kier alpha value is -2.84. The number of nitrogens with zero attached hydrogens (tertiary/aromatic N) is 1. The molecule has 1 aromatic carbocycles. The number of carbonyl (C=O) groups is 2. The van der Waals surface area contributed by atoms with E-state index in [4.69, 9.17) is 14.9 Å². The van der Waals surface area contributed by atoms with Gasteiger partial charge in [-0.25, -0.2) is 0 Å². The number of methoxy groups -OCH3 is 1. The average molecular weight is 399 g/mol. The third-order valence-electron chi connectivity index (χ3n) is 5.01. The summed E-state index contributed by atoms with van der Waals surface area (Å²) in [7, 11) is 1.55. The van der Waals surface area contributed by atoms with Gasteiger partial charge in [0.25, 0.3) is 11.8 Å². The molecule has 0 spiro atoms. The number of thiophene rings is 1. The lowest BCUT2D eigenvalue weighted by atomic mass is 10.0. The molecule has 4 rings (SSSR count). The van der Waals surface area contributed by atoms with Gasteiger partial charge >= 0.3 is 0 Å². The van der Waals surface area contributed by atoms with E-state index in [0.717, 1.165) is 41.9 Å². The maximum Gasteiger partial charge on any atom is 0.292 e. The molecule has 8 heteroatoms. The summed E-state index contributed by atoms with van der Waals surface area (Å²) in [5.41, 5.74) is 7.50. The Bertz CT molecular complexity index is 1070. The summed E-state index contributed by atoms with van der Waals surface area (Å²) in [6, 6.07) is 7.10. The molecule has 0 saturated heterocycles. The van der Waals surface area contributed by atoms with Crippen LogP contribution in [0, 0.1) is 0 Å². The molecule has 28 heavy (non-hydrogen) atoms. The van der Waals surface area contributed by atoms with Crippen LogP contribution in [-0.4, -0.2) is 36.9 Å². The Kier molecular flexibility index (Phi) is 4.82. The van der Waals surface area contributed by atoms with E-state index >= 15 is 0 Å². The van der Waals surface area contributed by atoms with Crippen molar-refractivity contribution < 1.29 is 18.7 Å². The monoisotopic (exact) mass is 399 g/mol. The quantitative estimate of drug-likeness (QED) is 0.686. The molecular formula is C20H21N3O4S. The number of nitrogens with two attached hydrogens (primary N) is 1. The first-order valence-electron chi connectivity index (χ1n) is 9.06. The molecule has 0 unspecified atom stereocenters. The average Bonchev–Trinajstić information content (AvgIpc) is 3.28. The van der Waals surface area contributed by atoms with E-state index in [9.17, 15) is 9.59 Å². The summed E-state index contributed by atoms with van der Waals surface area (Å²) in [5.74, 6) is -0.243. The minimum atomic E-state index is -0.524. The molecule has 0 saturated carbocycles. The zero-order valence-corrected chi connectivity index (χ0v) is 16.5. The van der Waals surface area contributed by atoms with Crippen LogP contribution in [-0.2, 0) is 13.0 Å². The summed E-state index contributed by atoms with van der Waals surface area (Å²) in [6.45, 7) is 4.67. The summed E-state index contributed by atoms with van der Waals surface area (Å²) in [6.07, 6.45) is 0.746. The highest BCUT2D eigenvalue weighted by molar-refractivity contribution is 7.17. The highest BCUT2D eigenvalue weighted by Gasteiger charge is 2.28. The molecule has 2 amide bonds. The fourth-order valence-corrected chi connectivity index (χ4v) is 4.84. The molecule has 0 atom stereocenters. The number of ether oxygens (including phenoxy) is 1. The second-order valence-corrected chi connectivity index (χ2v) is 7.74. The first kappa shape index (κ1) is 18.5. The Morgan fingerprint density at radius 1 is 1.39 bits per heavy atom. The van der Waals surface area contributed by atoms with Crippen LogP contribution in [0.1, 0.15) is 38.3 Å². The van der Waals surface area contributed by atoms with Crippen LogP contribution in [0.4, 0.5) is 5.00 Å². The number of nitrogens with one attached hydrogen (secondary N) is 1. The van der Waals surface area contributed by atoms with Crippen LogP contribution in [0.5, 0.6) is 5.75 Å². The largest absolute Gasteiger partial charge is 0.493 e. The first-order valence-corrected chi connectivity index (χ1v) is 9.88. The zero-order chi connectivity index (χ0) is 19.8. The number of likely N-dealkylation sites (N-methyl/N-ethyl adjacent to an activating group) is 1. The molecule has 0 fully saturated rings. The maximum atomic E-state index is 12.8. The van der Waals surface area contributed by atoms with Gasteiger partial charge in [-0.1, -0.05) is 19.1 Å². The van der Waals surface area contributed by atoms with Gasteiger partial charge in [-0.05, 0) is 30.7 Å². The molecule has 1 aliphatic heterocycles. The van der Waals surface area contributed by atoms with Crippen LogP contribution in [0.3, 0.4) is 0 Å². The van der Waals surface area contributed by atoms with E-state index in [1.54, 1.807) is 19.2 Å². The predicted octanol–water partition coefficient (Wildman–Crippen LogP) is 3.23. The van der Waals surface area contributed by atoms with Crippen molar-refractivity contribution in [2.75, 3.05) is 25.5 Å². The molecule has 3 N–H and O–H groups in total. The van der Waals surface area contributed by atoms with Gasteiger partial charge in [0, 0.05) is 23.4 Å². The molecule has 1 aliphatic rings. The summed E-state index contributed by atoms with van der Waals surface area (Å²) in [4.78, 5) is 28.2. The van der Waals surface area contributed by atoms with Crippen LogP contribution in [0.15, 0.2) is 28.7 Å². The Labute approximate surface area is 166 Å². The van der Waals surface area contributed by atoms with Crippen molar-refractivity contribution in [1.29, 1.82) is 0 Å². The highest BCUT2D eigenvalue weighted by Crippen LogP contribution is 2.37. The standard InChI is InChI=1S/C20H21N3O4S/c1-3-23-8-7-12-15(10-23)28-20(16(12)18(21)24)22-19(25)14-9-11-5-4-6-13(26-2)17(11)27-14/h4-6,9H,3,7-8,10H2,1-2H3,(H2,21,24)(H,22,25). The van der Waals surface area contributed by atoms with Crippen LogP contribution in [0.25, 0.3) is 11.0 Å². The number of carbonyl (C=O) groups excluding carboxylic acids is 2. The molecule has 7 nitrogen and oxygen atoms in total. The topological polar surface area (TPSA) is 97.8 Å². The van der Waals surface area contributed by atoms with Crippen molar-refractivity contribution in [3.8, 4) is 5.75 Å². The van der Waals surface area contributed by atoms with E-state index in [0.29, 0.717) is 21.9 Å². The van der Waals surface area contributed by atoms with Gasteiger partial charge in [-0.3, -0.25) is 14.5 Å². The minimum absolute atomic E-state index is 0.150. The highest BCUT2D eigenvalue weighted by atomic mass is 32.1. The lowest BCUT2D eigenvalue weighted by Gasteiger charge is -2.25. The van der Waals surface area contributed by atoms with Crippen molar-refractivity contribution in [2.24, 2.45) is 5.73 Å². The van der Waals surface area contributed by atoms with Gasteiger partial charge in [0.1, 0.15) is 5.00 Å². The molecule has 0 aliphatic carbocycles. The molecular weight excluding hydrogens is 378 g/mol. The molecule has 2 aromatic heterocycles. The first-order chi connectivity index (χ1) is 13.5. The number of hydrogen-bond donors (Lipinski definition) is 2. The molecule has 0 bridgehead atoms. The Balaban J connectivity index is 1.66. The van der Waals surface area contributed by atoms with E-state index in [1.165, 1.54) is 11.3 Å². The Morgan fingerprint density at radius 2 is 2.21 bits per heavy atom. The predicted molar refractivity (Wildman–Crippen MR) is 108 cm³/mol. The summed E-state index contributed by atoms with van der Waals surface area (Å²) >= 11 is 1.41. The number of rotatable bonds is 5. The van der Waals surface area contributed by atoms with Gasteiger partial charge in [-0.2, -0.15) is 0 Å². The van der Waals surface area contributed by atoms with Crippen LogP contribution >= 0.6 is 11.3 Å². The van der Waals surface area contributed by atoms with Crippen molar-refractivity contribution in [3.63, 3.8) is 0 Å². The van der Waals surface area contributed by atoms with Crippen molar-refractivity contribution in [1.82, 2.24) is 4.90 Å². The number of amides is 2. The fourth-order valence-electron chi connectivity index (χ4n) is 3.55. The van der Waals surface area contributed by atoms with E-state index in [2.05, 4.69) is 17.1 Å². The molecule has 3 aromatic rings. The molecule has 3 heterocycles. The molecule has 146 valence electrons. The van der Waals surface area contributed by atoms with E-state index < -0.39 is 11.8 Å².